The summed E-state index contributed by atoms with van der Waals surface area (Å²) in [6, 6.07) is 13.9. The number of fused-ring (bicyclic) bond motifs is 3. The highest BCUT2D eigenvalue weighted by Crippen LogP contribution is 2.51. The number of hydrogen-bond donors (Lipinski definition) is 0. The zero-order valence-corrected chi connectivity index (χ0v) is 19.6. The minimum absolute atomic E-state index is 0.104. The van der Waals surface area contributed by atoms with Gasteiger partial charge < -0.3 is 4.74 Å². The van der Waals surface area contributed by atoms with E-state index in [-0.39, 0.29) is 29.0 Å². The molecule has 0 heterocycles. The van der Waals surface area contributed by atoms with Crippen molar-refractivity contribution in [2.24, 2.45) is 0 Å². The third-order valence-corrected chi connectivity index (χ3v) is 6.51. The van der Waals surface area contributed by atoms with E-state index >= 15 is 13.2 Å². The van der Waals surface area contributed by atoms with E-state index in [1.54, 1.807) is 12.1 Å². The molecule has 3 aromatic carbocycles. The minimum Gasteiger partial charge on any atom is -0.486 e. The van der Waals surface area contributed by atoms with Gasteiger partial charge in [0.1, 0.15) is 12.4 Å². The molecule has 1 aliphatic carbocycles. The summed E-state index contributed by atoms with van der Waals surface area (Å²) in [5, 5.41) is 0. The predicted octanol–water partition coefficient (Wildman–Crippen LogP) is 8.93. The van der Waals surface area contributed by atoms with Crippen LogP contribution < -0.4 is 4.74 Å². The van der Waals surface area contributed by atoms with Gasteiger partial charge in [0.2, 0.25) is 0 Å². The molecule has 0 saturated carbocycles. The molecule has 0 bridgehead atoms. The molecule has 180 valence electrons. The Morgan fingerprint density at radius 3 is 1.94 bits per heavy atom. The lowest BCUT2D eigenvalue weighted by atomic mass is 9.81. The molecule has 1 aliphatic rings. The van der Waals surface area contributed by atoms with E-state index in [0.717, 1.165) is 18.4 Å². The average molecular weight is 471 g/mol. The number of ether oxygens (including phenoxy) is 1. The van der Waals surface area contributed by atoms with Crippen LogP contribution in [0.2, 0.25) is 0 Å². The van der Waals surface area contributed by atoms with E-state index in [1.807, 2.05) is 31.2 Å². The molecule has 4 rings (SSSR count). The maximum absolute atomic E-state index is 15.3. The molecule has 5 heteroatoms. The first kappa shape index (κ1) is 24.3. The van der Waals surface area contributed by atoms with Gasteiger partial charge >= 0.3 is 0 Å². The third kappa shape index (κ3) is 4.70. The standard InChI is InChI=1S/C29H30F4O/c1-3-5-6-8-18-9-11-19(12-10-18)17-34-23-16-15-22-21-14-13-20(7-4-2)26(30)24(21)28(32)29(33)25(22)27(23)31/h9-16,28-29H,3-8,17H2,1-2H3. The van der Waals surface area contributed by atoms with Crippen LogP contribution in [-0.2, 0) is 19.4 Å². The first-order chi connectivity index (χ1) is 16.5. The molecule has 2 atom stereocenters. The summed E-state index contributed by atoms with van der Waals surface area (Å²) in [5.74, 6) is -1.82. The van der Waals surface area contributed by atoms with E-state index in [4.69, 9.17) is 4.74 Å². The van der Waals surface area contributed by atoms with Gasteiger partial charge in [0, 0.05) is 11.1 Å². The van der Waals surface area contributed by atoms with Crippen LogP contribution in [0.15, 0.2) is 48.5 Å². The smallest absolute Gasteiger partial charge is 0.171 e. The van der Waals surface area contributed by atoms with Crippen molar-refractivity contribution in [1.29, 1.82) is 0 Å². The Morgan fingerprint density at radius 2 is 1.29 bits per heavy atom. The molecule has 0 radical (unpaired) electrons. The third-order valence-electron chi connectivity index (χ3n) is 6.51. The highest BCUT2D eigenvalue weighted by atomic mass is 19.2. The van der Waals surface area contributed by atoms with Gasteiger partial charge in [-0.15, -0.1) is 0 Å². The maximum Gasteiger partial charge on any atom is 0.171 e. The van der Waals surface area contributed by atoms with Crippen LogP contribution in [0.1, 0.15) is 79.7 Å². The topological polar surface area (TPSA) is 9.23 Å². The zero-order chi connectivity index (χ0) is 24.2. The summed E-state index contributed by atoms with van der Waals surface area (Å²) in [4.78, 5) is 0. The summed E-state index contributed by atoms with van der Waals surface area (Å²) >= 11 is 0. The summed E-state index contributed by atoms with van der Waals surface area (Å²) in [7, 11) is 0. The molecule has 0 saturated heterocycles. The molecule has 0 aromatic heterocycles. The normalized spacial score (nSPS) is 16.8. The van der Waals surface area contributed by atoms with Crippen molar-refractivity contribution in [3.05, 3.63) is 88.0 Å². The fourth-order valence-corrected chi connectivity index (χ4v) is 4.63. The Bertz CT molecular complexity index is 1140. The van der Waals surface area contributed by atoms with Crippen LogP contribution in [0.25, 0.3) is 11.1 Å². The van der Waals surface area contributed by atoms with Crippen LogP contribution in [0.4, 0.5) is 17.6 Å². The Balaban J connectivity index is 1.57. The van der Waals surface area contributed by atoms with E-state index in [9.17, 15) is 4.39 Å². The SMILES string of the molecule is CCCCCc1ccc(COc2ccc3c(c2F)C(F)C(F)c2c-3ccc(CCC)c2F)cc1. The Hall–Kier alpha value is -2.82. The van der Waals surface area contributed by atoms with Crippen LogP contribution >= 0.6 is 0 Å². The summed E-state index contributed by atoms with van der Waals surface area (Å²) in [6.07, 6.45) is 1.04. The molecular formula is C29H30F4O. The van der Waals surface area contributed by atoms with Crippen molar-refractivity contribution >= 4 is 0 Å². The number of rotatable bonds is 9. The second-order valence-corrected chi connectivity index (χ2v) is 8.95. The fourth-order valence-electron chi connectivity index (χ4n) is 4.63. The first-order valence-corrected chi connectivity index (χ1v) is 12.1. The van der Waals surface area contributed by atoms with Gasteiger partial charge in [-0.1, -0.05) is 75.6 Å². The van der Waals surface area contributed by atoms with Gasteiger partial charge in [-0.3, -0.25) is 0 Å². The van der Waals surface area contributed by atoms with E-state index in [1.165, 1.54) is 30.5 Å². The monoisotopic (exact) mass is 470 g/mol. The lowest BCUT2D eigenvalue weighted by Crippen LogP contribution is -2.16. The second kappa shape index (κ2) is 10.6. The van der Waals surface area contributed by atoms with Crippen molar-refractivity contribution in [3.63, 3.8) is 0 Å². The van der Waals surface area contributed by atoms with Crippen LogP contribution in [0, 0.1) is 11.6 Å². The van der Waals surface area contributed by atoms with Crippen molar-refractivity contribution < 1.29 is 22.3 Å². The molecule has 2 unspecified atom stereocenters. The summed E-state index contributed by atoms with van der Waals surface area (Å²) in [6.45, 7) is 4.16. The van der Waals surface area contributed by atoms with Gasteiger partial charge in [-0.25, -0.2) is 17.6 Å². The van der Waals surface area contributed by atoms with Crippen LogP contribution in [0.3, 0.4) is 0 Å². The molecule has 0 N–H and O–H groups in total. The van der Waals surface area contributed by atoms with E-state index < -0.39 is 29.5 Å². The van der Waals surface area contributed by atoms with E-state index in [2.05, 4.69) is 6.92 Å². The summed E-state index contributed by atoms with van der Waals surface area (Å²) in [5.41, 5.74) is 2.06. The van der Waals surface area contributed by atoms with Gasteiger partial charge in [-0.05, 0) is 53.1 Å². The lowest BCUT2D eigenvalue weighted by molar-refractivity contribution is 0.158. The number of alkyl halides is 2. The number of aryl methyl sites for hydroxylation is 2. The number of benzene rings is 3. The second-order valence-electron chi connectivity index (χ2n) is 8.95. The van der Waals surface area contributed by atoms with Crippen molar-refractivity contribution in [1.82, 2.24) is 0 Å². The Kier molecular flexibility index (Phi) is 7.60. The molecule has 3 aromatic rings. The predicted molar refractivity (Wildman–Crippen MR) is 127 cm³/mol. The largest absolute Gasteiger partial charge is 0.486 e. The van der Waals surface area contributed by atoms with Crippen molar-refractivity contribution in [2.75, 3.05) is 0 Å². The Morgan fingerprint density at radius 1 is 0.676 bits per heavy atom. The van der Waals surface area contributed by atoms with Crippen LogP contribution in [0.5, 0.6) is 5.75 Å². The van der Waals surface area contributed by atoms with Gasteiger partial charge in [-0.2, -0.15) is 0 Å². The Labute approximate surface area is 198 Å². The van der Waals surface area contributed by atoms with Crippen molar-refractivity contribution in [2.45, 2.75) is 71.3 Å². The van der Waals surface area contributed by atoms with Crippen LogP contribution in [-0.4, -0.2) is 0 Å². The first-order valence-electron chi connectivity index (χ1n) is 12.1. The van der Waals surface area contributed by atoms with E-state index in [0.29, 0.717) is 18.4 Å². The molecule has 0 aliphatic heterocycles. The molecule has 0 fully saturated rings. The van der Waals surface area contributed by atoms with Crippen molar-refractivity contribution in [3.8, 4) is 16.9 Å². The molecule has 0 spiro atoms. The molecule has 34 heavy (non-hydrogen) atoms. The summed E-state index contributed by atoms with van der Waals surface area (Å²) < 4.78 is 66.0. The lowest BCUT2D eigenvalue weighted by Gasteiger charge is -2.28. The molecular weight excluding hydrogens is 440 g/mol. The number of halogens is 4. The quantitative estimate of drug-likeness (QED) is 0.224. The maximum atomic E-state index is 15.3. The molecule has 1 nitrogen and oxygen atoms in total. The van der Waals surface area contributed by atoms with Gasteiger partial charge in [0.15, 0.2) is 23.9 Å². The molecule has 0 amide bonds. The number of unbranched alkanes of at least 4 members (excludes halogenated alkanes) is 2. The van der Waals surface area contributed by atoms with Gasteiger partial charge in [0.05, 0.1) is 0 Å². The van der Waals surface area contributed by atoms with Gasteiger partial charge in [0.25, 0.3) is 0 Å². The highest BCUT2D eigenvalue weighted by molar-refractivity contribution is 5.76. The minimum atomic E-state index is -2.31. The average Bonchev–Trinajstić information content (AvgIpc) is 2.84. The zero-order valence-electron chi connectivity index (χ0n) is 19.6. The highest BCUT2D eigenvalue weighted by Gasteiger charge is 2.39. The number of hydrogen-bond acceptors (Lipinski definition) is 1. The fraction of sp³-hybridized carbons (Fsp3) is 0.379.